The van der Waals surface area contributed by atoms with Crippen molar-refractivity contribution in [2.45, 2.75) is 76.6 Å². The van der Waals surface area contributed by atoms with Crippen LogP contribution in [0.25, 0.3) is 10.9 Å². The Kier molecular flexibility index (Phi) is 8.14. The van der Waals surface area contributed by atoms with Gasteiger partial charge in [-0.1, -0.05) is 51.3 Å². The maximum atomic E-state index is 13.9. The average Bonchev–Trinajstić information content (AvgIpc) is 3.53. The number of fused-ring (bicyclic) bond motifs is 3. The average molecular weight is 567 g/mol. The number of hydrogen-bond acceptors (Lipinski definition) is 5. The van der Waals surface area contributed by atoms with Gasteiger partial charge in [0.1, 0.15) is 12.4 Å². The quantitative estimate of drug-likeness (QED) is 0.286. The topological polar surface area (TPSA) is 40.6 Å². The number of aromatic nitrogens is 1. The van der Waals surface area contributed by atoms with Crippen molar-refractivity contribution < 1.29 is 17.9 Å². The third-order valence-electron chi connectivity index (χ3n) is 9.17. The molecule has 2 bridgehead atoms. The molecule has 2 saturated heterocycles. The van der Waals surface area contributed by atoms with E-state index in [9.17, 15) is 13.2 Å². The van der Waals surface area contributed by atoms with E-state index in [1.165, 1.54) is 45.1 Å². The molecule has 1 aliphatic carbocycles. The van der Waals surface area contributed by atoms with Gasteiger partial charge in [0.25, 0.3) is 0 Å². The van der Waals surface area contributed by atoms with Gasteiger partial charge < -0.3 is 10.1 Å². The number of anilines is 2. The van der Waals surface area contributed by atoms with Gasteiger partial charge in [0.15, 0.2) is 0 Å². The number of nitrogens with one attached hydrogen (secondary N) is 1. The number of piperazine rings is 1. The lowest BCUT2D eigenvalue weighted by atomic mass is 9.89. The van der Waals surface area contributed by atoms with Gasteiger partial charge in [-0.25, -0.2) is 0 Å². The number of benzene rings is 2. The van der Waals surface area contributed by atoms with Crippen molar-refractivity contribution in [3.63, 3.8) is 0 Å². The molecule has 3 aromatic rings. The Morgan fingerprint density at radius 3 is 2.46 bits per heavy atom. The van der Waals surface area contributed by atoms with Crippen LogP contribution in [0.15, 0.2) is 48.5 Å². The van der Waals surface area contributed by atoms with Crippen LogP contribution in [0.5, 0.6) is 5.75 Å². The highest BCUT2D eigenvalue weighted by molar-refractivity contribution is 5.93. The molecule has 5 nitrogen and oxygen atoms in total. The summed E-state index contributed by atoms with van der Waals surface area (Å²) in [4.78, 5) is 9.88. The first-order valence-corrected chi connectivity index (χ1v) is 15.2. The number of likely N-dealkylation sites (tertiary alicyclic amines) is 2. The largest absolute Gasteiger partial charge is 0.492 e. The van der Waals surface area contributed by atoms with Crippen LogP contribution in [0, 0.1) is 5.92 Å². The molecule has 1 aromatic heterocycles. The fourth-order valence-electron chi connectivity index (χ4n) is 6.98. The molecule has 3 aliphatic rings. The molecular formula is C33H41F3N4O. The van der Waals surface area contributed by atoms with E-state index in [-0.39, 0.29) is 11.7 Å². The smallest absolute Gasteiger partial charge is 0.416 e. The van der Waals surface area contributed by atoms with Crippen LogP contribution in [0.4, 0.5) is 24.5 Å². The molecule has 2 aliphatic heterocycles. The highest BCUT2D eigenvalue weighted by Gasteiger charge is 2.43. The third kappa shape index (κ3) is 6.49. The van der Waals surface area contributed by atoms with Gasteiger partial charge in [0.05, 0.1) is 11.1 Å². The van der Waals surface area contributed by atoms with Crippen molar-refractivity contribution in [2.75, 3.05) is 38.1 Å². The summed E-state index contributed by atoms with van der Waals surface area (Å²) in [7, 11) is 0. The monoisotopic (exact) mass is 566 g/mol. The molecule has 0 radical (unpaired) electrons. The van der Waals surface area contributed by atoms with Crippen molar-refractivity contribution in [2.24, 2.45) is 5.92 Å². The van der Waals surface area contributed by atoms with E-state index in [2.05, 4.69) is 29.0 Å². The standard InChI is InChI=1S/C33H41F3N4O/c1-22(2)31-18-32(29-10-6-7-11-30(29)38-31)37-25-14-24(33(34,35)36)15-28(16-25)41-13-12-39-20-27-17-26(39)21-40(27)19-23-8-4-3-5-9-23/h6-7,10-11,14-16,18,22-23,26-27H,3-5,8-9,12-13,17,19-21H2,1-2H3,(H,37,38). The number of para-hydroxylation sites is 1. The molecule has 2 unspecified atom stereocenters. The van der Waals surface area contributed by atoms with Gasteiger partial charge in [0.2, 0.25) is 0 Å². The van der Waals surface area contributed by atoms with E-state index >= 15 is 0 Å². The van der Waals surface area contributed by atoms with Crippen molar-refractivity contribution in [1.29, 1.82) is 0 Å². The van der Waals surface area contributed by atoms with Crippen molar-refractivity contribution in [3.8, 4) is 5.75 Å². The summed E-state index contributed by atoms with van der Waals surface area (Å²) in [6, 6.07) is 14.7. The molecule has 2 atom stereocenters. The van der Waals surface area contributed by atoms with Crippen molar-refractivity contribution in [1.82, 2.24) is 14.8 Å². The summed E-state index contributed by atoms with van der Waals surface area (Å²) in [6.07, 6.45) is 3.60. The zero-order valence-electron chi connectivity index (χ0n) is 24.1. The van der Waals surface area contributed by atoms with Crippen LogP contribution in [-0.4, -0.2) is 59.7 Å². The normalized spacial score (nSPS) is 22.2. The van der Waals surface area contributed by atoms with Gasteiger partial charge in [0, 0.05) is 66.8 Å². The van der Waals surface area contributed by atoms with E-state index in [0.717, 1.165) is 60.0 Å². The third-order valence-corrected chi connectivity index (χ3v) is 9.17. The number of pyridine rings is 1. The van der Waals surface area contributed by atoms with Crippen LogP contribution >= 0.6 is 0 Å². The van der Waals surface area contributed by atoms with E-state index in [1.54, 1.807) is 6.07 Å². The molecule has 220 valence electrons. The predicted octanol–water partition coefficient (Wildman–Crippen LogP) is 7.84. The minimum absolute atomic E-state index is 0.181. The maximum absolute atomic E-state index is 13.9. The first-order valence-electron chi connectivity index (χ1n) is 15.2. The highest BCUT2D eigenvalue weighted by Crippen LogP contribution is 2.37. The molecule has 1 N–H and O–H groups in total. The van der Waals surface area contributed by atoms with Crippen LogP contribution in [0.1, 0.15) is 69.5 Å². The number of hydrogen-bond donors (Lipinski definition) is 1. The number of rotatable bonds is 9. The second-order valence-electron chi connectivity index (χ2n) is 12.5. The SMILES string of the molecule is CC(C)c1cc(Nc2cc(OCCN3CC4CC3CN4CC3CCCCC3)cc(C(F)(F)F)c2)c2ccccc2n1. The molecule has 3 heterocycles. The van der Waals surface area contributed by atoms with Crippen LogP contribution < -0.4 is 10.1 Å². The van der Waals surface area contributed by atoms with Gasteiger partial charge >= 0.3 is 6.18 Å². The van der Waals surface area contributed by atoms with E-state index < -0.39 is 11.7 Å². The van der Waals surface area contributed by atoms with E-state index in [1.807, 2.05) is 30.3 Å². The summed E-state index contributed by atoms with van der Waals surface area (Å²) in [5.74, 6) is 1.26. The molecule has 41 heavy (non-hydrogen) atoms. The van der Waals surface area contributed by atoms with Gasteiger partial charge in [-0.05, 0) is 55.4 Å². The van der Waals surface area contributed by atoms with E-state index in [0.29, 0.717) is 24.4 Å². The predicted molar refractivity (Wildman–Crippen MR) is 158 cm³/mol. The number of alkyl halides is 3. The maximum Gasteiger partial charge on any atom is 0.416 e. The first-order chi connectivity index (χ1) is 19.7. The Morgan fingerprint density at radius 1 is 0.976 bits per heavy atom. The molecule has 6 rings (SSSR count). The summed E-state index contributed by atoms with van der Waals surface area (Å²) < 4.78 is 47.6. The Hall–Kier alpha value is -2.84. The molecule has 1 saturated carbocycles. The molecule has 3 fully saturated rings. The highest BCUT2D eigenvalue weighted by atomic mass is 19.4. The summed E-state index contributed by atoms with van der Waals surface area (Å²) >= 11 is 0. The summed E-state index contributed by atoms with van der Waals surface area (Å²) in [5.41, 5.74) is 2.04. The minimum Gasteiger partial charge on any atom is -0.492 e. The van der Waals surface area contributed by atoms with Crippen LogP contribution in [-0.2, 0) is 6.18 Å². The summed E-state index contributed by atoms with van der Waals surface area (Å²) in [6.45, 7) is 8.57. The van der Waals surface area contributed by atoms with Crippen molar-refractivity contribution >= 4 is 22.3 Å². The van der Waals surface area contributed by atoms with Crippen LogP contribution in [0.2, 0.25) is 0 Å². The zero-order chi connectivity index (χ0) is 28.6. The summed E-state index contributed by atoms with van der Waals surface area (Å²) in [5, 5.41) is 4.11. The zero-order valence-corrected chi connectivity index (χ0v) is 24.1. The molecule has 2 aromatic carbocycles. The lowest BCUT2D eigenvalue weighted by Crippen LogP contribution is -2.48. The fraction of sp³-hybridized carbons (Fsp3) is 0.545. The number of nitrogens with zero attached hydrogens (tertiary/aromatic N) is 3. The first kappa shape index (κ1) is 28.3. The Bertz CT molecular complexity index is 1350. The second-order valence-corrected chi connectivity index (χ2v) is 12.5. The van der Waals surface area contributed by atoms with Crippen molar-refractivity contribution in [3.05, 3.63) is 59.8 Å². The lowest BCUT2D eigenvalue weighted by molar-refractivity contribution is -0.137. The number of ether oxygens (including phenoxy) is 1. The molecular weight excluding hydrogens is 525 g/mol. The lowest BCUT2D eigenvalue weighted by Gasteiger charge is -2.36. The van der Waals surface area contributed by atoms with Gasteiger partial charge in [-0.2, -0.15) is 13.2 Å². The Morgan fingerprint density at radius 2 is 1.73 bits per heavy atom. The molecule has 0 amide bonds. The Balaban J connectivity index is 1.12. The van der Waals surface area contributed by atoms with Gasteiger partial charge in [-0.15, -0.1) is 0 Å². The number of halogens is 3. The van der Waals surface area contributed by atoms with E-state index in [4.69, 9.17) is 9.72 Å². The molecule has 0 spiro atoms. The minimum atomic E-state index is -4.48. The van der Waals surface area contributed by atoms with Crippen LogP contribution in [0.3, 0.4) is 0 Å². The van der Waals surface area contributed by atoms with Gasteiger partial charge in [-0.3, -0.25) is 14.8 Å². The Labute approximate surface area is 241 Å². The second kappa shape index (κ2) is 11.8. The fourth-order valence-corrected chi connectivity index (χ4v) is 6.98. The molecule has 8 heteroatoms.